The summed E-state index contributed by atoms with van der Waals surface area (Å²) in [4.78, 5) is 25.4. The molecule has 3 aromatic rings. The molecule has 0 atom stereocenters. The van der Waals surface area contributed by atoms with Crippen molar-refractivity contribution < 1.29 is 4.79 Å². The average molecular weight is 339 g/mol. The van der Waals surface area contributed by atoms with Crippen LogP contribution in [0.25, 0.3) is 10.9 Å². The zero-order valence-corrected chi connectivity index (χ0v) is 13.9. The van der Waals surface area contributed by atoms with E-state index in [1.165, 1.54) is 0 Å². The Morgan fingerprint density at radius 2 is 2.00 bits per heavy atom. The summed E-state index contributed by atoms with van der Waals surface area (Å²) in [5.41, 5.74) is 3.41. The monoisotopic (exact) mass is 338 g/mol. The van der Waals surface area contributed by atoms with Crippen molar-refractivity contribution in [1.82, 2.24) is 4.57 Å². The second kappa shape index (κ2) is 5.49. The van der Waals surface area contributed by atoms with Crippen LogP contribution in [-0.4, -0.2) is 10.5 Å². The number of benzene rings is 2. The summed E-state index contributed by atoms with van der Waals surface area (Å²) in [6.07, 6.45) is 2.55. The molecule has 0 saturated carbocycles. The van der Waals surface area contributed by atoms with Crippen LogP contribution in [0.2, 0.25) is 5.02 Å². The zero-order chi connectivity index (χ0) is 16.8. The van der Waals surface area contributed by atoms with E-state index in [0.717, 1.165) is 29.6 Å². The number of carbonyl (C=O) groups is 1. The Hall–Kier alpha value is -2.59. The minimum atomic E-state index is -0.409. The topological polar surface area (TPSA) is 51.1 Å². The number of aromatic nitrogens is 1. The van der Waals surface area contributed by atoms with Gasteiger partial charge in [0, 0.05) is 28.8 Å². The van der Waals surface area contributed by atoms with Crippen LogP contribution < -0.4 is 10.7 Å². The van der Waals surface area contributed by atoms with Crippen LogP contribution in [0.5, 0.6) is 0 Å². The lowest BCUT2D eigenvalue weighted by molar-refractivity contribution is 0.102. The molecule has 1 aromatic heterocycles. The maximum atomic E-state index is 12.7. The normalized spacial score (nSPS) is 12.6. The first kappa shape index (κ1) is 15.0. The molecule has 1 aliphatic heterocycles. The standard InChI is InChI=1S/C19H15ClN2O2/c1-11-15(20)6-3-7-16(11)21-19(24)14-10-22-9-8-12-4-2-5-13(17(12)22)18(14)23/h2-7,10H,8-9H2,1H3,(H,21,24). The van der Waals surface area contributed by atoms with E-state index < -0.39 is 5.91 Å². The van der Waals surface area contributed by atoms with Gasteiger partial charge in [-0.05, 0) is 42.7 Å². The minimum Gasteiger partial charge on any atom is -0.346 e. The number of nitrogens with zero attached hydrogens (tertiary/aromatic N) is 1. The van der Waals surface area contributed by atoms with Crippen molar-refractivity contribution >= 4 is 34.1 Å². The summed E-state index contributed by atoms with van der Waals surface area (Å²) in [7, 11) is 0. The highest BCUT2D eigenvalue weighted by molar-refractivity contribution is 6.31. The van der Waals surface area contributed by atoms with Gasteiger partial charge in [-0.25, -0.2) is 0 Å². The number of pyridine rings is 1. The number of carbonyl (C=O) groups excluding carboxylic acids is 1. The Balaban J connectivity index is 1.81. The van der Waals surface area contributed by atoms with Crippen molar-refractivity contribution in [1.29, 1.82) is 0 Å². The van der Waals surface area contributed by atoms with Crippen LogP contribution in [-0.2, 0) is 13.0 Å². The Labute approximate surface area is 143 Å². The molecule has 0 bridgehead atoms. The summed E-state index contributed by atoms with van der Waals surface area (Å²) in [5, 5.41) is 3.98. The summed E-state index contributed by atoms with van der Waals surface area (Å²) >= 11 is 6.09. The molecule has 2 aromatic carbocycles. The van der Waals surface area contributed by atoms with Crippen molar-refractivity contribution in [3.8, 4) is 0 Å². The van der Waals surface area contributed by atoms with Gasteiger partial charge in [0.05, 0.1) is 5.52 Å². The van der Waals surface area contributed by atoms with Crippen LogP contribution >= 0.6 is 11.6 Å². The third-order valence-electron chi connectivity index (χ3n) is 4.56. The third kappa shape index (κ3) is 2.22. The van der Waals surface area contributed by atoms with Gasteiger partial charge in [-0.15, -0.1) is 0 Å². The van der Waals surface area contributed by atoms with E-state index in [1.54, 1.807) is 30.5 Å². The van der Waals surface area contributed by atoms with E-state index in [4.69, 9.17) is 11.6 Å². The van der Waals surface area contributed by atoms with Gasteiger partial charge in [-0.1, -0.05) is 29.8 Å². The second-order valence-electron chi connectivity index (χ2n) is 6.00. The van der Waals surface area contributed by atoms with Gasteiger partial charge in [-0.2, -0.15) is 0 Å². The first-order valence-corrected chi connectivity index (χ1v) is 8.15. The molecule has 5 heteroatoms. The summed E-state index contributed by atoms with van der Waals surface area (Å²) < 4.78 is 1.99. The Morgan fingerprint density at radius 3 is 2.83 bits per heavy atom. The number of amides is 1. The van der Waals surface area contributed by atoms with Crippen LogP contribution in [0.4, 0.5) is 5.69 Å². The van der Waals surface area contributed by atoms with E-state index in [2.05, 4.69) is 5.32 Å². The van der Waals surface area contributed by atoms with E-state index in [-0.39, 0.29) is 11.0 Å². The molecule has 1 N–H and O–H groups in total. The Morgan fingerprint density at radius 1 is 1.21 bits per heavy atom. The van der Waals surface area contributed by atoms with Gasteiger partial charge >= 0.3 is 0 Å². The van der Waals surface area contributed by atoms with Crippen molar-refractivity contribution in [2.75, 3.05) is 5.32 Å². The Kier molecular flexibility index (Phi) is 3.43. The van der Waals surface area contributed by atoms with E-state index in [0.29, 0.717) is 16.1 Å². The fourth-order valence-electron chi connectivity index (χ4n) is 3.25. The van der Waals surface area contributed by atoms with Crippen LogP contribution in [0.3, 0.4) is 0 Å². The fourth-order valence-corrected chi connectivity index (χ4v) is 3.43. The van der Waals surface area contributed by atoms with Crippen molar-refractivity contribution in [2.24, 2.45) is 0 Å². The molecular formula is C19H15ClN2O2. The molecule has 2 heterocycles. The second-order valence-corrected chi connectivity index (χ2v) is 6.40. The summed E-state index contributed by atoms with van der Waals surface area (Å²) in [5.74, 6) is -0.409. The third-order valence-corrected chi connectivity index (χ3v) is 4.97. The number of rotatable bonds is 2. The van der Waals surface area contributed by atoms with Gasteiger partial charge in [0.1, 0.15) is 5.56 Å². The predicted octanol–water partition coefficient (Wildman–Crippen LogP) is 3.77. The lowest BCUT2D eigenvalue weighted by atomic mass is 10.1. The maximum absolute atomic E-state index is 12.7. The van der Waals surface area contributed by atoms with Crippen LogP contribution in [0.1, 0.15) is 21.5 Å². The molecule has 1 amide bonds. The van der Waals surface area contributed by atoms with Crippen molar-refractivity contribution in [3.05, 3.63) is 74.5 Å². The molecule has 0 aliphatic carbocycles. The van der Waals surface area contributed by atoms with E-state index in [9.17, 15) is 9.59 Å². The van der Waals surface area contributed by atoms with Gasteiger partial charge in [-0.3, -0.25) is 9.59 Å². The van der Waals surface area contributed by atoms with Gasteiger partial charge in [0.25, 0.3) is 5.91 Å². The quantitative estimate of drug-likeness (QED) is 0.773. The minimum absolute atomic E-state index is 0.154. The van der Waals surface area contributed by atoms with Crippen LogP contribution in [0.15, 0.2) is 47.4 Å². The molecule has 0 spiro atoms. The van der Waals surface area contributed by atoms with E-state index in [1.807, 2.05) is 23.6 Å². The molecule has 0 saturated heterocycles. The molecule has 1 aliphatic rings. The van der Waals surface area contributed by atoms with E-state index >= 15 is 0 Å². The van der Waals surface area contributed by atoms with Crippen LogP contribution in [0, 0.1) is 6.92 Å². The van der Waals surface area contributed by atoms with Crippen molar-refractivity contribution in [2.45, 2.75) is 19.9 Å². The number of anilines is 1. The first-order chi connectivity index (χ1) is 11.6. The van der Waals surface area contributed by atoms with Gasteiger partial charge in [0.15, 0.2) is 0 Å². The largest absolute Gasteiger partial charge is 0.346 e. The lowest BCUT2D eigenvalue weighted by Crippen LogP contribution is -2.23. The predicted molar refractivity (Wildman–Crippen MR) is 96.1 cm³/mol. The SMILES string of the molecule is Cc1c(Cl)cccc1NC(=O)c1cn2c3c(cccc3c1=O)CC2. The molecule has 4 rings (SSSR count). The van der Waals surface area contributed by atoms with Gasteiger partial charge in [0.2, 0.25) is 5.43 Å². The number of halogens is 1. The summed E-state index contributed by atoms with van der Waals surface area (Å²) in [6.45, 7) is 2.61. The number of nitrogens with one attached hydrogen (secondary N) is 1. The highest BCUT2D eigenvalue weighted by Crippen LogP contribution is 2.25. The number of para-hydroxylation sites is 1. The number of aryl methyl sites for hydroxylation is 2. The number of hydrogen-bond acceptors (Lipinski definition) is 2. The smallest absolute Gasteiger partial charge is 0.261 e. The highest BCUT2D eigenvalue weighted by atomic mass is 35.5. The molecule has 4 nitrogen and oxygen atoms in total. The van der Waals surface area contributed by atoms with Gasteiger partial charge < -0.3 is 9.88 Å². The molecule has 0 radical (unpaired) electrons. The summed E-state index contributed by atoms with van der Waals surface area (Å²) in [6, 6.07) is 11.0. The Bertz CT molecular complexity index is 1050. The maximum Gasteiger partial charge on any atom is 0.261 e. The molecular weight excluding hydrogens is 324 g/mol. The van der Waals surface area contributed by atoms with Crippen molar-refractivity contribution in [3.63, 3.8) is 0 Å². The first-order valence-electron chi connectivity index (χ1n) is 7.78. The molecule has 0 fully saturated rings. The molecule has 24 heavy (non-hydrogen) atoms. The highest BCUT2D eigenvalue weighted by Gasteiger charge is 2.20. The number of hydrogen-bond donors (Lipinski definition) is 1. The lowest BCUT2D eigenvalue weighted by Gasteiger charge is -2.11. The molecule has 120 valence electrons. The fraction of sp³-hybridized carbons (Fsp3) is 0.158. The zero-order valence-electron chi connectivity index (χ0n) is 13.1. The average Bonchev–Trinajstić information content (AvgIpc) is 2.99. The molecule has 0 unspecified atom stereocenters.